The van der Waals surface area contributed by atoms with Crippen molar-refractivity contribution >= 4 is 15.9 Å². The topological polar surface area (TPSA) is 34.2 Å². The lowest BCUT2D eigenvalue weighted by molar-refractivity contribution is 0.381. The zero-order chi connectivity index (χ0) is 15.2. The Hall–Kier alpha value is -1.46. The molecule has 0 aliphatic heterocycles. The van der Waals surface area contributed by atoms with Gasteiger partial charge in [-0.25, -0.2) is 4.39 Å². The van der Waals surface area contributed by atoms with Crippen molar-refractivity contribution < 1.29 is 9.13 Å². The molecule has 1 N–H and O–H groups in total. The summed E-state index contributed by atoms with van der Waals surface area (Å²) in [5.74, 6) is -0.105. The molecule has 1 aromatic heterocycles. The van der Waals surface area contributed by atoms with E-state index in [0.29, 0.717) is 5.56 Å². The number of hydrogen-bond acceptors (Lipinski definition) is 3. The molecule has 1 unspecified atom stereocenters. The smallest absolute Gasteiger partial charge is 0.170 e. The van der Waals surface area contributed by atoms with E-state index in [1.165, 1.54) is 7.11 Å². The molecule has 2 aromatic rings. The van der Waals surface area contributed by atoms with Crippen LogP contribution in [0.5, 0.6) is 5.75 Å². The minimum Gasteiger partial charge on any atom is -0.494 e. The summed E-state index contributed by atoms with van der Waals surface area (Å²) in [6, 6.07) is 8.65. The number of pyridine rings is 1. The van der Waals surface area contributed by atoms with E-state index < -0.39 is 0 Å². The number of aromatic nitrogens is 1. The number of nitrogens with zero attached hydrogens (tertiary/aromatic N) is 1. The minimum absolute atomic E-state index is 0.243. The summed E-state index contributed by atoms with van der Waals surface area (Å²) in [5, 5.41) is 3.34. The fraction of sp³-hybridized carbons (Fsp3) is 0.312. The summed E-state index contributed by atoms with van der Waals surface area (Å²) in [6.07, 6.45) is 2.67. The first-order valence-electron chi connectivity index (χ1n) is 6.84. The third-order valence-electron chi connectivity index (χ3n) is 3.17. The molecule has 0 spiro atoms. The lowest BCUT2D eigenvalue weighted by Crippen LogP contribution is -2.25. The van der Waals surface area contributed by atoms with Crippen molar-refractivity contribution in [2.24, 2.45) is 0 Å². The molecule has 0 aliphatic rings. The number of nitrogens with one attached hydrogen (secondary N) is 1. The van der Waals surface area contributed by atoms with E-state index in [9.17, 15) is 4.39 Å². The monoisotopic (exact) mass is 352 g/mol. The van der Waals surface area contributed by atoms with Gasteiger partial charge in [0, 0.05) is 16.2 Å². The highest BCUT2D eigenvalue weighted by atomic mass is 79.9. The zero-order valence-electron chi connectivity index (χ0n) is 12.1. The Morgan fingerprint density at radius 3 is 2.76 bits per heavy atom. The Morgan fingerprint density at radius 1 is 1.33 bits per heavy atom. The predicted molar refractivity (Wildman–Crippen MR) is 85.0 cm³/mol. The van der Waals surface area contributed by atoms with Crippen molar-refractivity contribution in [1.82, 2.24) is 10.3 Å². The van der Waals surface area contributed by atoms with E-state index in [1.807, 2.05) is 12.1 Å². The molecular weight excluding hydrogens is 335 g/mol. The third kappa shape index (κ3) is 3.80. The van der Waals surface area contributed by atoms with Crippen LogP contribution in [0.15, 0.2) is 41.0 Å². The molecule has 5 heteroatoms. The van der Waals surface area contributed by atoms with Gasteiger partial charge in [-0.3, -0.25) is 4.98 Å². The van der Waals surface area contributed by atoms with Gasteiger partial charge in [-0.1, -0.05) is 19.1 Å². The summed E-state index contributed by atoms with van der Waals surface area (Å²) in [6.45, 7) is 2.85. The van der Waals surface area contributed by atoms with Crippen LogP contribution in [-0.4, -0.2) is 18.6 Å². The molecule has 0 saturated heterocycles. The van der Waals surface area contributed by atoms with Crippen LogP contribution >= 0.6 is 15.9 Å². The summed E-state index contributed by atoms with van der Waals surface area (Å²) in [4.78, 5) is 4.39. The van der Waals surface area contributed by atoms with Gasteiger partial charge < -0.3 is 10.1 Å². The van der Waals surface area contributed by atoms with Gasteiger partial charge in [0.25, 0.3) is 0 Å². The van der Waals surface area contributed by atoms with E-state index >= 15 is 0 Å². The summed E-state index contributed by atoms with van der Waals surface area (Å²) in [7, 11) is 1.47. The number of rotatable bonds is 6. The third-order valence-corrected chi connectivity index (χ3v) is 3.64. The molecule has 2 rings (SSSR count). The lowest BCUT2D eigenvalue weighted by atomic mass is 10.0. The molecule has 0 amide bonds. The maximum absolute atomic E-state index is 14.5. The Morgan fingerprint density at radius 2 is 2.14 bits per heavy atom. The van der Waals surface area contributed by atoms with Gasteiger partial charge in [0.1, 0.15) is 0 Å². The van der Waals surface area contributed by atoms with Crippen molar-refractivity contribution in [3.63, 3.8) is 0 Å². The minimum atomic E-state index is -0.349. The normalized spacial score (nSPS) is 12.2. The highest BCUT2D eigenvalue weighted by Gasteiger charge is 2.20. The zero-order valence-corrected chi connectivity index (χ0v) is 13.7. The molecule has 0 saturated carbocycles. The molecule has 1 heterocycles. The maximum atomic E-state index is 14.5. The molecule has 21 heavy (non-hydrogen) atoms. The Balaban J connectivity index is 2.42. The van der Waals surface area contributed by atoms with E-state index in [4.69, 9.17) is 4.74 Å². The van der Waals surface area contributed by atoms with Gasteiger partial charge >= 0.3 is 0 Å². The SMILES string of the molecule is CCCNC(c1ccc(Br)cn1)c1cccc(OC)c1F. The molecule has 112 valence electrons. The number of benzene rings is 1. The second kappa shape index (κ2) is 7.52. The Bertz CT molecular complexity index is 589. The van der Waals surface area contributed by atoms with Crippen LogP contribution in [0.4, 0.5) is 4.39 Å². The number of ether oxygens (including phenoxy) is 1. The van der Waals surface area contributed by atoms with E-state index in [-0.39, 0.29) is 17.6 Å². The van der Waals surface area contributed by atoms with E-state index in [1.54, 1.807) is 24.4 Å². The van der Waals surface area contributed by atoms with Crippen LogP contribution in [-0.2, 0) is 0 Å². The molecular formula is C16H18BrFN2O. The molecule has 0 bridgehead atoms. The second-order valence-electron chi connectivity index (χ2n) is 4.65. The first kappa shape index (κ1) is 15.9. The van der Waals surface area contributed by atoms with Crippen molar-refractivity contribution in [1.29, 1.82) is 0 Å². The molecule has 0 fully saturated rings. The van der Waals surface area contributed by atoms with Crippen LogP contribution < -0.4 is 10.1 Å². The molecule has 0 radical (unpaired) electrons. The largest absolute Gasteiger partial charge is 0.494 e. The average Bonchev–Trinajstić information content (AvgIpc) is 2.50. The maximum Gasteiger partial charge on any atom is 0.170 e. The summed E-state index contributed by atoms with van der Waals surface area (Å²) < 4.78 is 20.5. The second-order valence-corrected chi connectivity index (χ2v) is 5.57. The highest BCUT2D eigenvalue weighted by molar-refractivity contribution is 9.10. The van der Waals surface area contributed by atoms with E-state index in [0.717, 1.165) is 23.1 Å². The number of methoxy groups -OCH3 is 1. The van der Waals surface area contributed by atoms with Crippen molar-refractivity contribution in [2.45, 2.75) is 19.4 Å². The fourth-order valence-corrected chi connectivity index (χ4v) is 2.36. The number of halogens is 2. The standard InChI is InChI=1S/C16H18BrFN2O/c1-3-9-19-16(13-8-7-11(17)10-20-13)12-5-4-6-14(21-2)15(12)18/h4-8,10,16,19H,3,9H2,1-2H3. The lowest BCUT2D eigenvalue weighted by Gasteiger charge is -2.20. The van der Waals surface area contributed by atoms with Crippen LogP contribution in [0.1, 0.15) is 30.6 Å². The van der Waals surface area contributed by atoms with Gasteiger partial charge in [0.15, 0.2) is 11.6 Å². The Labute approximate surface area is 132 Å². The average molecular weight is 353 g/mol. The van der Waals surface area contributed by atoms with Crippen molar-refractivity contribution in [3.05, 3.63) is 58.1 Å². The first-order valence-corrected chi connectivity index (χ1v) is 7.64. The molecule has 3 nitrogen and oxygen atoms in total. The van der Waals surface area contributed by atoms with Crippen LogP contribution in [0.25, 0.3) is 0 Å². The van der Waals surface area contributed by atoms with Crippen LogP contribution in [0, 0.1) is 5.82 Å². The fourth-order valence-electron chi connectivity index (χ4n) is 2.13. The van der Waals surface area contributed by atoms with Gasteiger partial charge in [-0.15, -0.1) is 0 Å². The summed E-state index contributed by atoms with van der Waals surface area (Å²) >= 11 is 3.36. The predicted octanol–water partition coefficient (Wildman–Crippen LogP) is 4.08. The van der Waals surface area contributed by atoms with Crippen molar-refractivity contribution in [3.8, 4) is 5.75 Å². The molecule has 1 atom stereocenters. The quantitative estimate of drug-likeness (QED) is 0.850. The highest BCUT2D eigenvalue weighted by Crippen LogP contribution is 2.28. The van der Waals surface area contributed by atoms with Crippen LogP contribution in [0.3, 0.4) is 0 Å². The Kier molecular flexibility index (Phi) is 5.70. The number of hydrogen-bond donors (Lipinski definition) is 1. The molecule has 0 aliphatic carbocycles. The van der Waals surface area contributed by atoms with Gasteiger partial charge in [0.2, 0.25) is 0 Å². The van der Waals surface area contributed by atoms with Gasteiger partial charge in [-0.05, 0) is 47.1 Å². The van der Waals surface area contributed by atoms with E-state index in [2.05, 4.69) is 33.2 Å². The molecule has 1 aromatic carbocycles. The van der Waals surface area contributed by atoms with Crippen LogP contribution in [0.2, 0.25) is 0 Å². The first-order chi connectivity index (χ1) is 10.2. The van der Waals surface area contributed by atoms with Gasteiger partial charge in [-0.2, -0.15) is 0 Å². The van der Waals surface area contributed by atoms with Gasteiger partial charge in [0.05, 0.1) is 18.8 Å². The van der Waals surface area contributed by atoms with Crippen molar-refractivity contribution in [2.75, 3.05) is 13.7 Å². The summed E-state index contributed by atoms with van der Waals surface area (Å²) in [5.41, 5.74) is 1.32.